The maximum Gasteiger partial charge on any atom is 0.259 e. The molecule has 3 saturated heterocycles. The van der Waals surface area contributed by atoms with Crippen molar-refractivity contribution in [2.45, 2.75) is 32.1 Å². The molecular weight excluding hydrogens is 1750 g/mol. The largest absolute Gasteiger partial charge is 0.506 e. The molecule has 0 atom stereocenters. The predicted octanol–water partition coefficient (Wildman–Crippen LogP) is 16.0. The fraction of sp³-hybridized carbons (Fsp3) is 0.140. The second-order valence-corrected chi connectivity index (χ2v) is 30.7. The summed E-state index contributed by atoms with van der Waals surface area (Å²) >= 11 is 23.2. The summed E-state index contributed by atoms with van der Waals surface area (Å²) < 4.78 is 5.32. The number of hydrogen-bond acceptors (Lipinski definition) is 21. The summed E-state index contributed by atoms with van der Waals surface area (Å²) in [7, 11) is 0. The van der Waals surface area contributed by atoms with E-state index in [9.17, 15) is 58.8 Å². The van der Waals surface area contributed by atoms with Crippen molar-refractivity contribution in [2.24, 2.45) is 5.73 Å². The molecule has 3 aliphatic heterocycles. The fourth-order valence-corrected chi connectivity index (χ4v) is 13.7. The minimum atomic E-state index is -0.571. The first kappa shape index (κ1) is 93.5. The van der Waals surface area contributed by atoms with Crippen molar-refractivity contribution >= 4 is 163 Å². The van der Waals surface area contributed by atoms with Gasteiger partial charge in [0.05, 0.1) is 78.3 Å². The first-order valence-corrected chi connectivity index (χ1v) is 41.7. The van der Waals surface area contributed by atoms with Crippen LogP contribution in [0.3, 0.4) is 0 Å². The zero-order chi connectivity index (χ0) is 92.5. The second-order valence-electron chi connectivity index (χ2n) is 29.0. The Morgan fingerprint density at radius 2 is 0.508 bits per heavy atom. The van der Waals surface area contributed by atoms with Gasteiger partial charge in [0.15, 0.2) is 0 Å². The number of nitrogen functional groups attached to an aromatic ring is 1. The molecule has 0 bridgehead atoms. The van der Waals surface area contributed by atoms with E-state index in [1.807, 2.05) is 14.7 Å². The number of anilines is 8. The number of amidine groups is 4. The van der Waals surface area contributed by atoms with Gasteiger partial charge in [0.1, 0.15) is 69.6 Å². The quantitative estimate of drug-likeness (QED) is 0.0191. The van der Waals surface area contributed by atoms with Crippen LogP contribution in [0.2, 0.25) is 20.1 Å². The molecule has 0 spiro atoms. The van der Waals surface area contributed by atoms with Crippen molar-refractivity contribution in [2.75, 3.05) is 95.0 Å². The van der Waals surface area contributed by atoms with Crippen LogP contribution < -0.4 is 48.3 Å². The van der Waals surface area contributed by atoms with Gasteiger partial charge < -0.3 is 88.1 Å². The Morgan fingerprint density at radius 1 is 0.285 bits per heavy atom. The number of likely N-dealkylation sites (tertiary alicyclic amines) is 2. The van der Waals surface area contributed by atoms with E-state index in [2.05, 4.69) is 62.5 Å². The number of hydrogen-bond donors (Lipinski definition) is 17. The highest BCUT2D eigenvalue weighted by atomic mass is 35.5. The number of amides is 8. The van der Waals surface area contributed by atoms with Crippen LogP contribution in [0.5, 0.6) is 23.0 Å². The molecule has 0 aliphatic carbocycles. The molecule has 8 amide bonds. The van der Waals surface area contributed by atoms with E-state index in [1.54, 1.807) is 109 Å². The van der Waals surface area contributed by atoms with E-state index in [1.165, 1.54) is 140 Å². The average molecular weight is 1830 g/mol. The van der Waals surface area contributed by atoms with Crippen molar-refractivity contribution in [3.05, 3.63) is 330 Å². The van der Waals surface area contributed by atoms with Crippen molar-refractivity contribution in [1.29, 1.82) is 21.6 Å². The molecule has 0 saturated carbocycles. The van der Waals surface area contributed by atoms with Crippen LogP contribution in [0.25, 0.3) is 0 Å². The molecule has 18 N–H and O–H groups in total. The van der Waals surface area contributed by atoms with E-state index in [-0.39, 0.29) is 103 Å². The standard InChI is InChI=1S/C25H24ClN5O3.C24H22ClN5O4.C24H22ClN5O3.C20H16ClN5O3/c26-18-11-12-21(28-15-18)29-25(34)19-5-4-6-20(32)22(19)30-24(33)17-9-7-16(8-10-17)23(27)31-13-2-1-3-14-31;25-17-8-9-20(27-14-17)28-24(33)18-2-1-3-19(31)21(18)29-23(32)16-6-4-15(5-7-16)22(26)30-10-12-34-13-11-30;25-17-10-11-20(27-14-17)28-24(33)18-4-3-5-19(31)21(18)29-23(32)16-8-6-15(7-9-16)22(26)30-12-1-2-13-30;21-13-8-9-16(24-10-13)25-20(29)14-2-1-3-15(27)17(14)26-19(28)12-6-4-11(5-7-12)18(22)23/h4-12,15,27,32H,1-3,13-14H2,(H,30,33)(H,28,29,34);1-9,14,26,31H,10-13H2,(H,29,32)(H,27,28,33);3-11,14,26,31H,1-2,12-13H2,(H,29,32)(H,27,28,33);1-10,27H,(H3,22,23)(H,26,28)(H,24,25,29). The molecule has 33 nitrogen and oxygen atoms in total. The Morgan fingerprint density at radius 3 is 0.738 bits per heavy atom. The number of piperidine rings is 1. The molecule has 7 heterocycles. The number of benzene rings is 8. The van der Waals surface area contributed by atoms with Gasteiger partial charge in [-0.25, -0.2) is 19.9 Å². The maximum absolute atomic E-state index is 12.9. The van der Waals surface area contributed by atoms with Gasteiger partial charge in [0.2, 0.25) is 0 Å². The third-order valence-electron chi connectivity index (χ3n) is 20.1. The third kappa shape index (κ3) is 25.1. The lowest BCUT2D eigenvalue weighted by Gasteiger charge is -2.29. The molecule has 3 aliphatic rings. The number of nitrogens with one attached hydrogen (secondary N) is 12. The summed E-state index contributed by atoms with van der Waals surface area (Å²) in [6, 6.07) is 55.9. The molecule has 8 aromatic carbocycles. The first-order chi connectivity index (χ1) is 62.6. The number of nitrogens with two attached hydrogens (primary N) is 1. The zero-order valence-corrected chi connectivity index (χ0v) is 72.0. The summed E-state index contributed by atoms with van der Waals surface area (Å²) in [6.45, 7) is 5.90. The highest BCUT2D eigenvalue weighted by molar-refractivity contribution is 6.31. The van der Waals surface area contributed by atoms with Gasteiger partial charge in [-0.3, -0.25) is 60.0 Å². The Labute approximate surface area is 764 Å². The van der Waals surface area contributed by atoms with E-state index in [4.69, 9.17) is 78.5 Å². The number of phenolic OH excluding ortho intramolecular Hbond substituents is 4. The van der Waals surface area contributed by atoms with E-state index in [0.29, 0.717) is 91.7 Å². The van der Waals surface area contributed by atoms with Crippen LogP contribution in [0.4, 0.5) is 46.0 Å². The fourth-order valence-electron chi connectivity index (χ4n) is 13.3. The number of phenols is 4. The molecule has 3 fully saturated rings. The normalized spacial score (nSPS) is 12.5. The first-order valence-electron chi connectivity index (χ1n) is 40.2. The number of ether oxygens (including phenoxy) is 1. The minimum absolute atomic E-state index is 0.0101. The molecule has 662 valence electrons. The molecule has 4 aromatic heterocycles. The lowest BCUT2D eigenvalue weighted by Crippen LogP contribution is -2.40. The number of carbonyl (C=O) groups is 8. The van der Waals surface area contributed by atoms with Gasteiger partial charge in [-0.15, -0.1) is 0 Å². The second kappa shape index (κ2) is 44.5. The Balaban J connectivity index is 0.000000157. The summed E-state index contributed by atoms with van der Waals surface area (Å²) in [4.78, 5) is 124. The number of aromatic hydroxyl groups is 4. The lowest BCUT2D eigenvalue weighted by atomic mass is 10.1. The lowest BCUT2D eigenvalue weighted by molar-refractivity contribution is 0.0680. The summed E-state index contributed by atoms with van der Waals surface area (Å²) in [5, 5.41) is 96.2. The number of aromatic nitrogens is 4. The van der Waals surface area contributed by atoms with Crippen LogP contribution in [-0.2, 0) is 4.74 Å². The number of nitrogens with zero attached hydrogens (tertiary/aromatic N) is 7. The average Bonchev–Trinajstić information content (AvgIpc) is 1.33. The number of pyridine rings is 4. The molecule has 130 heavy (non-hydrogen) atoms. The molecule has 37 heteroatoms. The maximum atomic E-state index is 12.9. The van der Waals surface area contributed by atoms with Crippen LogP contribution in [0.1, 0.15) is 137 Å². The van der Waals surface area contributed by atoms with Crippen molar-refractivity contribution < 1.29 is 63.5 Å². The summed E-state index contributed by atoms with van der Waals surface area (Å²) in [5.41, 5.74) is 9.45. The van der Waals surface area contributed by atoms with Gasteiger partial charge in [0.25, 0.3) is 47.3 Å². The number of para-hydroxylation sites is 4. The predicted molar refractivity (Wildman–Crippen MR) is 499 cm³/mol. The van der Waals surface area contributed by atoms with Crippen LogP contribution in [-0.4, -0.2) is 178 Å². The number of carbonyl (C=O) groups excluding carboxylic acids is 8. The monoisotopic (exact) mass is 1830 g/mol. The third-order valence-corrected chi connectivity index (χ3v) is 21.0. The van der Waals surface area contributed by atoms with Gasteiger partial charge in [-0.05, 0) is 178 Å². The number of rotatable bonds is 20. The van der Waals surface area contributed by atoms with E-state index < -0.39 is 47.3 Å². The van der Waals surface area contributed by atoms with Crippen molar-refractivity contribution in [1.82, 2.24) is 34.6 Å². The summed E-state index contributed by atoms with van der Waals surface area (Å²) in [5.74, 6) is -3.04. The van der Waals surface area contributed by atoms with Gasteiger partial charge in [-0.2, -0.15) is 0 Å². The molecule has 0 unspecified atom stereocenters. The van der Waals surface area contributed by atoms with Crippen LogP contribution >= 0.6 is 46.4 Å². The Kier molecular flexibility index (Phi) is 32.0. The minimum Gasteiger partial charge on any atom is -0.506 e. The van der Waals surface area contributed by atoms with Gasteiger partial charge in [-0.1, -0.05) is 119 Å². The zero-order valence-electron chi connectivity index (χ0n) is 69.0. The van der Waals surface area contributed by atoms with Crippen molar-refractivity contribution in [3.63, 3.8) is 0 Å². The van der Waals surface area contributed by atoms with E-state index >= 15 is 0 Å². The van der Waals surface area contributed by atoms with Gasteiger partial charge >= 0.3 is 0 Å². The highest BCUT2D eigenvalue weighted by Crippen LogP contribution is 2.34. The van der Waals surface area contributed by atoms with E-state index in [0.717, 1.165) is 63.0 Å². The summed E-state index contributed by atoms with van der Waals surface area (Å²) in [6.07, 6.45) is 11.1. The van der Waals surface area contributed by atoms with Gasteiger partial charge in [0, 0.05) is 109 Å². The van der Waals surface area contributed by atoms with Crippen LogP contribution in [0, 0.1) is 21.6 Å². The molecule has 0 radical (unpaired) electrons. The molecular formula is C93H84Cl4N20O13. The Bertz CT molecular complexity index is 6000. The number of morpholine rings is 1. The molecule has 12 aromatic rings. The smallest absolute Gasteiger partial charge is 0.259 e. The molecule has 15 rings (SSSR count). The topological polar surface area (TPSA) is 506 Å². The SMILES string of the molecule is N=C(N)c1ccc(C(=O)Nc2c(O)cccc2C(=O)Nc2ccc(Cl)cn2)cc1.N=C(c1ccc(C(=O)Nc2c(O)cccc2C(=O)Nc2ccc(Cl)cn2)cc1)N1CCCC1.N=C(c1ccc(C(=O)Nc2c(O)cccc2C(=O)Nc2ccc(Cl)cn2)cc1)N1CCCCC1.N=C(c1ccc(C(=O)Nc2c(O)cccc2C(=O)Nc2ccc(Cl)cn2)cc1)N1CCOCC1. The van der Waals surface area contributed by atoms with Crippen LogP contribution in [0.15, 0.2) is 243 Å². The van der Waals surface area contributed by atoms with Crippen molar-refractivity contribution in [3.8, 4) is 23.0 Å². The number of halogens is 4. The Hall–Kier alpha value is -15.7. The highest BCUT2D eigenvalue weighted by Gasteiger charge is 2.27.